The monoisotopic (exact) mass is 589 g/mol. The van der Waals surface area contributed by atoms with Crippen LogP contribution in [0.15, 0.2) is 71.6 Å². The van der Waals surface area contributed by atoms with Crippen LogP contribution in [-0.2, 0) is 34.1 Å². The first kappa shape index (κ1) is 32.3. The fourth-order valence-corrected chi connectivity index (χ4v) is 5.63. The number of esters is 1. The Kier molecular flexibility index (Phi) is 11.1. The minimum absolute atomic E-state index is 0.0220. The van der Waals surface area contributed by atoms with Crippen LogP contribution in [0.4, 0.5) is 8.78 Å². The highest BCUT2D eigenvalue weighted by molar-refractivity contribution is 7.89. The van der Waals surface area contributed by atoms with Crippen molar-refractivity contribution in [3.63, 3.8) is 0 Å². The average Bonchev–Trinajstić information content (AvgIpc) is 2.91. The number of aryl methyl sites for hydroxylation is 1. The van der Waals surface area contributed by atoms with Gasteiger partial charge in [-0.25, -0.2) is 26.7 Å². The molecule has 0 aliphatic rings. The van der Waals surface area contributed by atoms with Crippen LogP contribution in [0.2, 0.25) is 0 Å². The Morgan fingerprint density at radius 3 is 2.32 bits per heavy atom. The highest BCUT2D eigenvalue weighted by atomic mass is 32.2. The van der Waals surface area contributed by atoms with Crippen LogP contribution in [-0.4, -0.2) is 50.3 Å². The fraction of sp³-hybridized carbons (Fsp3) is 0.367. The van der Waals surface area contributed by atoms with E-state index in [0.717, 1.165) is 18.1 Å². The Hall–Kier alpha value is -3.22. The van der Waals surface area contributed by atoms with Gasteiger partial charge in [0.25, 0.3) is 0 Å². The maximum absolute atomic E-state index is 13.8. The fourth-order valence-electron chi connectivity index (χ4n) is 4.18. The lowest BCUT2D eigenvalue weighted by molar-refractivity contribution is 0.0238. The molecule has 0 aliphatic carbocycles. The predicted octanol–water partition coefficient (Wildman–Crippen LogP) is 3.46. The number of carbonyl (C=O) groups excluding carboxylic acids is 1. The molecule has 0 spiro atoms. The van der Waals surface area contributed by atoms with Crippen molar-refractivity contribution < 1.29 is 31.8 Å². The van der Waals surface area contributed by atoms with Gasteiger partial charge in [-0.2, -0.15) is 0 Å². The average molecular weight is 590 g/mol. The van der Waals surface area contributed by atoms with E-state index in [4.69, 9.17) is 10.5 Å². The van der Waals surface area contributed by atoms with E-state index in [1.165, 1.54) is 55.8 Å². The topological polar surface area (TPSA) is 131 Å². The van der Waals surface area contributed by atoms with Gasteiger partial charge in [0.15, 0.2) is 0 Å². The Morgan fingerprint density at radius 1 is 1.00 bits per heavy atom. The van der Waals surface area contributed by atoms with Gasteiger partial charge in [-0.05, 0) is 73.7 Å². The van der Waals surface area contributed by atoms with Gasteiger partial charge >= 0.3 is 5.97 Å². The minimum Gasteiger partial charge on any atom is -0.456 e. The number of hydrogen-bond donors (Lipinski definition) is 4. The normalized spacial score (nSPS) is 13.5. The van der Waals surface area contributed by atoms with Crippen LogP contribution in [0.5, 0.6) is 0 Å². The van der Waals surface area contributed by atoms with Gasteiger partial charge < -0.3 is 20.9 Å². The second kappa shape index (κ2) is 14.1. The molecule has 0 radical (unpaired) electrons. The molecule has 0 unspecified atom stereocenters. The first-order chi connectivity index (χ1) is 19.3. The Morgan fingerprint density at radius 2 is 1.66 bits per heavy atom. The molecule has 0 aromatic heterocycles. The zero-order valence-electron chi connectivity index (χ0n) is 23.4. The van der Waals surface area contributed by atoms with E-state index >= 15 is 0 Å². The molecule has 8 nitrogen and oxygen atoms in total. The van der Waals surface area contributed by atoms with E-state index < -0.39 is 51.9 Å². The van der Waals surface area contributed by atoms with Crippen LogP contribution in [0, 0.1) is 11.6 Å². The van der Waals surface area contributed by atoms with Gasteiger partial charge in [-0.1, -0.05) is 37.3 Å². The SMILES string of the molecule is CCc1cccc(CNC[C@@H](OC(=O)c2cccc(S(=O)(=O)NC(C)(C)CO)c2)[C@@H](N)Cc2cc(F)cc(F)c2)c1. The molecule has 0 saturated carbocycles. The summed E-state index contributed by atoms with van der Waals surface area (Å²) in [4.78, 5) is 13.0. The summed E-state index contributed by atoms with van der Waals surface area (Å²) in [6, 6.07) is 15.6. The van der Waals surface area contributed by atoms with Gasteiger partial charge in [0.05, 0.1) is 22.6 Å². The third kappa shape index (κ3) is 9.68. The summed E-state index contributed by atoms with van der Waals surface area (Å²) in [5, 5.41) is 12.7. The molecule has 5 N–H and O–H groups in total. The largest absolute Gasteiger partial charge is 0.456 e. The van der Waals surface area contributed by atoms with E-state index in [1.807, 2.05) is 18.2 Å². The van der Waals surface area contributed by atoms with Gasteiger partial charge in [-0.3, -0.25) is 0 Å². The molecule has 222 valence electrons. The Balaban J connectivity index is 1.80. The van der Waals surface area contributed by atoms with Crippen molar-refractivity contribution >= 4 is 16.0 Å². The highest BCUT2D eigenvalue weighted by Crippen LogP contribution is 2.18. The standard InChI is InChI=1S/C30H37F2N3O5S/c1-4-20-7-5-8-21(11-20)17-34-18-28(27(33)14-22-12-24(31)16-25(32)13-22)40-29(37)23-9-6-10-26(15-23)41(38,39)35-30(2,3)19-36/h5-13,15-16,27-28,34-36H,4,14,17-19,33H2,1-3H3/t27-,28+/m0/s1. The molecule has 2 atom stereocenters. The summed E-state index contributed by atoms with van der Waals surface area (Å²) in [6.45, 7) is 5.25. The number of nitrogens with two attached hydrogens (primary N) is 1. The van der Waals surface area contributed by atoms with Crippen LogP contribution in [0.1, 0.15) is 47.8 Å². The molecule has 0 amide bonds. The van der Waals surface area contributed by atoms with Crippen molar-refractivity contribution in [3.8, 4) is 0 Å². The number of halogens is 2. The molecule has 3 aromatic carbocycles. The first-order valence-corrected chi connectivity index (χ1v) is 14.7. The van der Waals surface area contributed by atoms with Crippen molar-refractivity contribution in [2.75, 3.05) is 13.2 Å². The summed E-state index contributed by atoms with van der Waals surface area (Å²) < 4.78 is 61.3. The summed E-state index contributed by atoms with van der Waals surface area (Å²) >= 11 is 0. The third-order valence-corrected chi connectivity index (χ3v) is 8.09. The lowest BCUT2D eigenvalue weighted by Gasteiger charge is -2.25. The van der Waals surface area contributed by atoms with E-state index in [9.17, 15) is 27.1 Å². The molecule has 11 heteroatoms. The summed E-state index contributed by atoms with van der Waals surface area (Å²) in [5.41, 5.74) is 7.74. The lowest BCUT2D eigenvalue weighted by atomic mass is 10.0. The van der Waals surface area contributed by atoms with Crippen molar-refractivity contribution in [3.05, 3.63) is 101 Å². The number of benzene rings is 3. The first-order valence-electron chi connectivity index (χ1n) is 13.3. The molecular weight excluding hydrogens is 552 g/mol. The molecule has 3 rings (SSSR count). The molecule has 0 saturated heterocycles. The van der Waals surface area contributed by atoms with Crippen LogP contribution < -0.4 is 15.8 Å². The molecule has 3 aromatic rings. The van der Waals surface area contributed by atoms with Crippen molar-refractivity contribution in [2.24, 2.45) is 5.73 Å². The zero-order valence-corrected chi connectivity index (χ0v) is 24.2. The molecule has 0 fully saturated rings. The lowest BCUT2D eigenvalue weighted by Crippen LogP contribution is -2.46. The number of rotatable bonds is 14. The van der Waals surface area contributed by atoms with E-state index in [1.54, 1.807) is 0 Å². The summed E-state index contributed by atoms with van der Waals surface area (Å²) in [7, 11) is -4.06. The van der Waals surface area contributed by atoms with Crippen molar-refractivity contribution in [2.45, 2.75) is 62.7 Å². The second-order valence-corrected chi connectivity index (χ2v) is 12.3. The molecule has 0 heterocycles. The third-order valence-electron chi connectivity index (χ3n) is 6.39. The zero-order chi connectivity index (χ0) is 30.2. The molecule has 0 aliphatic heterocycles. The number of carbonyl (C=O) groups is 1. The van der Waals surface area contributed by atoms with Crippen molar-refractivity contribution in [1.82, 2.24) is 10.0 Å². The number of aliphatic hydroxyl groups excluding tert-OH is 1. The number of sulfonamides is 1. The quantitative estimate of drug-likeness (QED) is 0.212. The van der Waals surface area contributed by atoms with Gasteiger partial charge in [0.1, 0.15) is 17.7 Å². The summed E-state index contributed by atoms with van der Waals surface area (Å²) in [5.74, 6) is -2.31. The molecule has 0 bridgehead atoms. The number of ether oxygens (including phenoxy) is 1. The smallest absolute Gasteiger partial charge is 0.338 e. The number of aliphatic hydroxyl groups is 1. The predicted molar refractivity (Wildman–Crippen MR) is 153 cm³/mol. The van der Waals surface area contributed by atoms with Gasteiger partial charge in [0.2, 0.25) is 10.0 Å². The summed E-state index contributed by atoms with van der Waals surface area (Å²) in [6.07, 6.45) is -0.0195. The van der Waals surface area contributed by atoms with Crippen LogP contribution >= 0.6 is 0 Å². The van der Waals surface area contributed by atoms with Gasteiger partial charge in [-0.15, -0.1) is 0 Å². The van der Waals surface area contributed by atoms with Crippen LogP contribution in [0.25, 0.3) is 0 Å². The Labute approximate surface area is 240 Å². The Bertz CT molecular complexity index is 1430. The molecule has 41 heavy (non-hydrogen) atoms. The van der Waals surface area contributed by atoms with Crippen LogP contribution in [0.3, 0.4) is 0 Å². The van der Waals surface area contributed by atoms with E-state index in [0.29, 0.717) is 12.1 Å². The second-order valence-electron chi connectivity index (χ2n) is 10.6. The van der Waals surface area contributed by atoms with E-state index in [2.05, 4.69) is 23.0 Å². The van der Waals surface area contributed by atoms with E-state index in [-0.39, 0.29) is 23.4 Å². The number of nitrogens with one attached hydrogen (secondary N) is 2. The van der Waals surface area contributed by atoms with Crippen molar-refractivity contribution in [1.29, 1.82) is 0 Å². The number of hydrogen-bond acceptors (Lipinski definition) is 7. The highest BCUT2D eigenvalue weighted by Gasteiger charge is 2.28. The maximum atomic E-state index is 13.8. The minimum atomic E-state index is -4.06. The maximum Gasteiger partial charge on any atom is 0.338 e. The van der Waals surface area contributed by atoms with Gasteiger partial charge in [0, 0.05) is 25.2 Å². The molecular formula is C30H37F2N3O5S.